The number of anilines is 2. The molecule has 0 heterocycles. The molecule has 6 nitrogen and oxygen atoms in total. The van der Waals surface area contributed by atoms with Crippen LogP contribution in [0.4, 0.5) is 11.4 Å². The molecule has 0 aliphatic rings. The first-order valence-electron chi connectivity index (χ1n) is 7.91. The number of esters is 1. The second-order valence-electron chi connectivity index (χ2n) is 5.33. The number of carbonyl (C=O) groups excluding carboxylic acids is 3. The lowest BCUT2D eigenvalue weighted by Crippen LogP contribution is -2.21. The van der Waals surface area contributed by atoms with Gasteiger partial charge in [-0.3, -0.25) is 9.59 Å². The lowest BCUT2D eigenvalue weighted by atomic mass is 10.1. The Morgan fingerprint density at radius 3 is 2.00 bits per heavy atom. The minimum atomic E-state index is -0.374. The molecular weight excluding hydrogens is 320 g/mol. The Morgan fingerprint density at radius 2 is 1.44 bits per heavy atom. The molecule has 0 saturated heterocycles. The highest BCUT2D eigenvalue weighted by atomic mass is 16.5. The smallest absolute Gasteiger partial charge is 0.338 e. The molecule has 0 fully saturated rings. The summed E-state index contributed by atoms with van der Waals surface area (Å²) in [6, 6.07) is 13.4. The van der Waals surface area contributed by atoms with E-state index in [-0.39, 0.29) is 24.2 Å². The first kappa shape index (κ1) is 18.2. The van der Waals surface area contributed by atoms with Crippen molar-refractivity contribution in [3.63, 3.8) is 0 Å². The number of benzene rings is 2. The normalized spacial score (nSPS) is 10.0. The Labute approximate surface area is 146 Å². The third-order valence-electron chi connectivity index (χ3n) is 3.42. The molecule has 0 spiro atoms. The van der Waals surface area contributed by atoms with Gasteiger partial charge in [0.15, 0.2) is 5.78 Å². The number of ketones is 1. The van der Waals surface area contributed by atoms with E-state index < -0.39 is 0 Å². The van der Waals surface area contributed by atoms with Crippen LogP contribution in [-0.2, 0) is 9.53 Å². The molecule has 2 N–H and O–H groups in total. The van der Waals surface area contributed by atoms with Crippen molar-refractivity contribution < 1.29 is 19.1 Å². The van der Waals surface area contributed by atoms with Gasteiger partial charge in [-0.15, -0.1) is 0 Å². The van der Waals surface area contributed by atoms with E-state index in [0.29, 0.717) is 23.4 Å². The van der Waals surface area contributed by atoms with Gasteiger partial charge in [0.05, 0.1) is 18.7 Å². The van der Waals surface area contributed by atoms with Crippen molar-refractivity contribution in [1.29, 1.82) is 0 Å². The summed E-state index contributed by atoms with van der Waals surface area (Å²) in [4.78, 5) is 34.7. The molecule has 130 valence electrons. The van der Waals surface area contributed by atoms with E-state index in [1.54, 1.807) is 55.5 Å². The van der Waals surface area contributed by atoms with Crippen molar-refractivity contribution >= 4 is 29.0 Å². The molecule has 0 saturated carbocycles. The topological polar surface area (TPSA) is 84.5 Å². The third-order valence-corrected chi connectivity index (χ3v) is 3.42. The molecule has 0 aliphatic carbocycles. The van der Waals surface area contributed by atoms with Gasteiger partial charge in [0.2, 0.25) is 5.91 Å². The average molecular weight is 340 g/mol. The molecule has 1 amide bonds. The van der Waals surface area contributed by atoms with Gasteiger partial charge < -0.3 is 15.4 Å². The summed E-state index contributed by atoms with van der Waals surface area (Å²) < 4.78 is 4.91. The highest BCUT2D eigenvalue weighted by Crippen LogP contribution is 2.12. The molecule has 2 aromatic rings. The van der Waals surface area contributed by atoms with Gasteiger partial charge >= 0.3 is 5.97 Å². The van der Waals surface area contributed by atoms with Crippen LogP contribution in [0, 0.1) is 0 Å². The van der Waals surface area contributed by atoms with Crippen LogP contribution in [0.15, 0.2) is 48.5 Å². The molecule has 0 aromatic heterocycles. The van der Waals surface area contributed by atoms with Crippen molar-refractivity contribution in [2.75, 3.05) is 23.8 Å². The summed E-state index contributed by atoms with van der Waals surface area (Å²) in [5, 5.41) is 5.71. The SMILES string of the molecule is CCOC(=O)c1ccc(NCC(=O)Nc2ccc(C(C)=O)cc2)cc1. The lowest BCUT2D eigenvalue weighted by molar-refractivity contribution is -0.114. The van der Waals surface area contributed by atoms with Gasteiger partial charge in [-0.2, -0.15) is 0 Å². The van der Waals surface area contributed by atoms with Crippen LogP contribution in [-0.4, -0.2) is 30.8 Å². The lowest BCUT2D eigenvalue weighted by Gasteiger charge is -2.09. The number of hydrogen-bond acceptors (Lipinski definition) is 5. The van der Waals surface area contributed by atoms with Crippen LogP contribution < -0.4 is 10.6 Å². The molecule has 0 aliphatic heterocycles. The molecule has 25 heavy (non-hydrogen) atoms. The Kier molecular flexibility index (Phi) is 6.28. The van der Waals surface area contributed by atoms with Crippen molar-refractivity contribution in [3.05, 3.63) is 59.7 Å². The fraction of sp³-hybridized carbons (Fsp3) is 0.211. The summed E-state index contributed by atoms with van der Waals surface area (Å²) in [5.41, 5.74) is 2.39. The van der Waals surface area contributed by atoms with Gasteiger partial charge in [-0.1, -0.05) is 0 Å². The van der Waals surface area contributed by atoms with E-state index in [4.69, 9.17) is 4.74 Å². The zero-order valence-electron chi connectivity index (χ0n) is 14.2. The van der Waals surface area contributed by atoms with E-state index >= 15 is 0 Å². The van der Waals surface area contributed by atoms with Crippen LogP contribution in [0.25, 0.3) is 0 Å². The molecule has 2 rings (SSSR count). The maximum Gasteiger partial charge on any atom is 0.338 e. The molecule has 6 heteroatoms. The van der Waals surface area contributed by atoms with Crippen LogP contribution >= 0.6 is 0 Å². The Balaban J connectivity index is 1.85. The summed E-state index contributed by atoms with van der Waals surface area (Å²) in [6.45, 7) is 3.64. The predicted octanol–water partition coefficient (Wildman–Crippen LogP) is 3.12. The molecule has 0 unspecified atom stereocenters. The maximum atomic E-state index is 12.0. The standard InChI is InChI=1S/C19H20N2O4/c1-3-25-19(24)15-6-8-16(9-7-15)20-12-18(23)21-17-10-4-14(5-11-17)13(2)22/h4-11,20H,3,12H2,1-2H3,(H,21,23). The summed E-state index contributed by atoms with van der Waals surface area (Å²) >= 11 is 0. The van der Waals surface area contributed by atoms with Gasteiger partial charge in [-0.25, -0.2) is 4.79 Å². The molecular formula is C19H20N2O4. The van der Waals surface area contributed by atoms with Gasteiger partial charge in [0.25, 0.3) is 0 Å². The van der Waals surface area contributed by atoms with Crippen LogP contribution in [0.3, 0.4) is 0 Å². The molecule has 0 bridgehead atoms. The van der Waals surface area contributed by atoms with Crippen molar-refractivity contribution in [2.24, 2.45) is 0 Å². The van der Waals surface area contributed by atoms with Crippen LogP contribution in [0.5, 0.6) is 0 Å². The zero-order chi connectivity index (χ0) is 18.2. The van der Waals surface area contributed by atoms with E-state index in [9.17, 15) is 14.4 Å². The van der Waals surface area contributed by atoms with Crippen LogP contribution in [0.1, 0.15) is 34.6 Å². The van der Waals surface area contributed by atoms with Gasteiger partial charge in [0, 0.05) is 16.9 Å². The second-order valence-corrected chi connectivity index (χ2v) is 5.33. The van der Waals surface area contributed by atoms with E-state index in [0.717, 1.165) is 5.69 Å². The zero-order valence-corrected chi connectivity index (χ0v) is 14.2. The first-order chi connectivity index (χ1) is 12.0. The number of amides is 1. The fourth-order valence-electron chi connectivity index (χ4n) is 2.11. The second kappa shape index (κ2) is 8.63. The number of nitrogens with one attached hydrogen (secondary N) is 2. The maximum absolute atomic E-state index is 12.0. The van der Waals surface area contributed by atoms with Crippen LogP contribution in [0.2, 0.25) is 0 Å². The quantitative estimate of drug-likeness (QED) is 0.597. The highest BCUT2D eigenvalue weighted by Gasteiger charge is 2.07. The van der Waals surface area contributed by atoms with Crippen molar-refractivity contribution in [1.82, 2.24) is 0 Å². The Hall–Kier alpha value is -3.15. The monoisotopic (exact) mass is 340 g/mol. The van der Waals surface area contributed by atoms with Crippen molar-refractivity contribution in [3.8, 4) is 0 Å². The number of ether oxygens (including phenoxy) is 1. The largest absolute Gasteiger partial charge is 0.462 e. The predicted molar refractivity (Wildman–Crippen MR) is 96.0 cm³/mol. The highest BCUT2D eigenvalue weighted by molar-refractivity contribution is 5.96. The number of carbonyl (C=O) groups is 3. The minimum absolute atomic E-state index is 0.0224. The summed E-state index contributed by atoms with van der Waals surface area (Å²) in [7, 11) is 0. The third kappa shape index (κ3) is 5.46. The summed E-state index contributed by atoms with van der Waals surface area (Å²) in [6.07, 6.45) is 0. The number of hydrogen-bond donors (Lipinski definition) is 2. The first-order valence-corrected chi connectivity index (χ1v) is 7.91. The Bertz CT molecular complexity index is 752. The average Bonchev–Trinajstić information content (AvgIpc) is 2.61. The summed E-state index contributed by atoms with van der Waals surface area (Å²) in [5.74, 6) is -0.614. The number of Topliss-reactive ketones (excluding diaryl/α,β-unsaturated/α-hetero) is 1. The van der Waals surface area contributed by atoms with E-state index in [1.807, 2.05) is 0 Å². The van der Waals surface area contributed by atoms with Gasteiger partial charge in [0.1, 0.15) is 0 Å². The fourth-order valence-corrected chi connectivity index (χ4v) is 2.11. The van der Waals surface area contributed by atoms with Crippen molar-refractivity contribution in [2.45, 2.75) is 13.8 Å². The van der Waals surface area contributed by atoms with E-state index in [2.05, 4.69) is 10.6 Å². The molecule has 0 atom stereocenters. The minimum Gasteiger partial charge on any atom is -0.462 e. The molecule has 0 radical (unpaired) electrons. The van der Waals surface area contributed by atoms with Gasteiger partial charge in [-0.05, 0) is 62.4 Å². The van der Waals surface area contributed by atoms with E-state index in [1.165, 1.54) is 6.92 Å². The molecule has 2 aromatic carbocycles. The Morgan fingerprint density at radius 1 is 0.880 bits per heavy atom. The number of rotatable bonds is 7.